The topological polar surface area (TPSA) is 29.1 Å². The van der Waals surface area contributed by atoms with E-state index in [4.69, 9.17) is 0 Å². The number of ketones is 1. The number of hydrogen-bond donors (Lipinski definition) is 1. The van der Waals surface area contributed by atoms with Gasteiger partial charge in [0.1, 0.15) is 5.78 Å². The predicted octanol–water partition coefficient (Wildman–Crippen LogP) is 1.89. The second-order valence-electron chi connectivity index (χ2n) is 4.31. The standard InChI is InChI=1S/C13H17NO/c1-10(15)7-11-3-2-4-12(8-11)13-5-6-14-9-13/h2-4,8,13-14H,5-7,9H2,1H3. The Bertz CT molecular complexity index is 353. The molecule has 1 N–H and O–H groups in total. The molecule has 80 valence electrons. The molecule has 1 saturated heterocycles. The molecule has 0 radical (unpaired) electrons. The van der Waals surface area contributed by atoms with Gasteiger partial charge in [-0.25, -0.2) is 0 Å². The van der Waals surface area contributed by atoms with Crippen LogP contribution in [0.5, 0.6) is 0 Å². The van der Waals surface area contributed by atoms with Crippen LogP contribution in [0.4, 0.5) is 0 Å². The van der Waals surface area contributed by atoms with Crippen molar-refractivity contribution in [3.8, 4) is 0 Å². The highest BCUT2D eigenvalue weighted by Gasteiger charge is 2.16. The van der Waals surface area contributed by atoms with Crippen LogP contribution < -0.4 is 5.32 Å². The monoisotopic (exact) mass is 203 g/mol. The minimum Gasteiger partial charge on any atom is -0.316 e. The summed E-state index contributed by atoms with van der Waals surface area (Å²) >= 11 is 0. The third-order valence-corrected chi connectivity index (χ3v) is 2.94. The van der Waals surface area contributed by atoms with Crippen LogP contribution in [-0.4, -0.2) is 18.9 Å². The molecule has 2 heteroatoms. The Morgan fingerprint density at radius 2 is 2.40 bits per heavy atom. The van der Waals surface area contributed by atoms with Crippen LogP contribution in [-0.2, 0) is 11.2 Å². The Morgan fingerprint density at radius 1 is 1.53 bits per heavy atom. The van der Waals surface area contributed by atoms with Gasteiger partial charge in [-0.05, 0) is 36.9 Å². The summed E-state index contributed by atoms with van der Waals surface area (Å²) in [7, 11) is 0. The van der Waals surface area contributed by atoms with E-state index in [1.54, 1.807) is 6.92 Å². The highest BCUT2D eigenvalue weighted by molar-refractivity contribution is 5.78. The molecular formula is C13H17NO. The average Bonchev–Trinajstić information content (AvgIpc) is 2.69. The van der Waals surface area contributed by atoms with Gasteiger partial charge in [-0.2, -0.15) is 0 Å². The van der Waals surface area contributed by atoms with Gasteiger partial charge in [-0.15, -0.1) is 0 Å². The van der Waals surface area contributed by atoms with Gasteiger partial charge in [0.25, 0.3) is 0 Å². The second kappa shape index (κ2) is 4.58. The van der Waals surface area contributed by atoms with Crippen LogP contribution in [0.15, 0.2) is 24.3 Å². The van der Waals surface area contributed by atoms with Crippen molar-refractivity contribution in [1.29, 1.82) is 0 Å². The molecule has 0 aliphatic carbocycles. The first-order valence-corrected chi connectivity index (χ1v) is 5.54. The van der Waals surface area contributed by atoms with Gasteiger partial charge in [0.05, 0.1) is 0 Å². The van der Waals surface area contributed by atoms with Crippen molar-refractivity contribution in [3.05, 3.63) is 35.4 Å². The zero-order valence-corrected chi connectivity index (χ0v) is 9.12. The molecule has 15 heavy (non-hydrogen) atoms. The van der Waals surface area contributed by atoms with Crippen molar-refractivity contribution < 1.29 is 4.79 Å². The van der Waals surface area contributed by atoms with Crippen molar-refractivity contribution in [2.75, 3.05) is 13.1 Å². The normalized spacial score (nSPS) is 20.5. The summed E-state index contributed by atoms with van der Waals surface area (Å²) in [6.45, 7) is 3.83. The van der Waals surface area contributed by atoms with Gasteiger partial charge in [0.2, 0.25) is 0 Å². The molecule has 0 aromatic heterocycles. The maximum atomic E-state index is 11.0. The Hall–Kier alpha value is -1.15. The quantitative estimate of drug-likeness (QED) is 0.813. The van der Waals surface area contributed by atoms with Crippen molar-refractivity contribution in [1.82, 2.24) is 5.32 Å². The first-order chi connectivity index (χ1) is 7.25. The van der Waals surface area contributed by atoms with E-state index in [9.17, 15) is 4.79 Å². The molecule has 2 nitrogen and oxygen atoms in total. The van der Waals surface area contributed by atoms with Crippen molar-refractivity contribution in [2.24, 2.45) is 0 Å². The Kier molecular flexibility index (Phi) is 3.17. The highest BCUT2D eigenvalue weighted by Crippen LogP contribution is 2.23. The summed E-state index contributed by atoms with van der Waals surface area (Å²) in [5, 5.41) is 3.36. The smallest absolute Gasteiger partial charge is 0.134 e. The maximum Gasteiger partial charge on any atom is 0.134 e. The van der Waals surface area contributed by atoms with Gasteiger partial charge in [0.15, 0.2) is 0 Å². The molecule has 1 fully saturated rings. The Labute approximate surface area is 90.7 Å². The lowest BCUT2D eigenvalue weighted by atomic mass is 9.95. The van der Waals surface area contributed by atoms with Crippen LogP contribution in [0.1, 0.15) is 30.4 Å². The summed E-state index contributed by atoms with van der Waals surface area (Å²) in [5.74, 6) is 0.869. The zero-order valence-electron chi connectivity index (χ0n) is 9.12. The van der Waals surface area contributed by atoms with Gasteiger partial charge in [-0.1, -0.05) is 24.3 Å². The molecule has 0 spiro atoms. The van der Waals surface area contributed by atoms with E-state index in [1.165, 1.54) is 12.0 Å². The van der Waals surface area contributed by atoms with E-state index < -0.39 is 0 Å². The number of benzene rings is 1. The second-order valence-corrected chi connectivity index (χ2v) is 4.31. The molecule has 1 aliphatic rings. The Balaban J connectivity index is 2.14. The first-order valence-electron chi connectivity index (χ1n) is 5.54. The fourth-order valence-corrected chi connectivity index (χ4v) is 2.18. The van der Waals surface area contributed by atoms with Crippen LogP contribution in [0.25, 0.3) is 0 Å². The van der Waals surface area contributed by atoms with E-state index in [2.05, 4.69) is 23.5 Å². The van der Waals surface area contributed by atoms with Crippen molar-refractivity contribution >= 4 is 5.78 Å². The lowest BCUT2D eigenvalue weighted by molar-refractivity contribution is -0.116. The van der Waals surface area contributed by atoms with Crippen molar-refractivity contribution in [2.45, 2.75) is 25.7 Å². The highest BCUT2D eigenvalue weighted by atomic mass is 16.1. The summed E-state index contributed by atoms with van der Waals surface area (Å²) in [6, 6.07) is 8.44. The molecule has 1 atom stereocenters. The number of rotatable bonds is 3. The SMILES string of the molecule is CC(=O)Cc1cccc(C2CCNC2)c1. The lowest BCUT2D eigenvalue weighted by Gasteiger charge is -2.09. The molecule has 1 aliphatic heterocycles. The van der Waals surface area contributed by atoms with Crippen LogP contribution in [0.2, 0.25) is 0 Å². The van der Waals surface area contributed by atoms with Crippen LogP contribution >= 0.6 is 0 Å². The van der Waals surface area contributed by atoms with Gasteiger partial charge < -0.3 is 5.32 Å². The average molecular weight is 203 g/mol. The van der Waals surface area contributed by atoms with Gasteiger partial charge >= 0.3 is 0 Å². The molecule has 1 heterocycles. The summed E-state index contributed by atoms with van der Waals surface area (Å²) in [5.41, 5.74) is 2.52. The molecule has 0 amide bonds. The predicted molar refractivity (Wildman–Crippen MR) is 61.1 cm³/mol. The van der Waals surface area contributed by atoms with Gasteiger partial charge in [-0.3, -0.25) is 4.79 Å². The third-order valence-electron chi connectivity index (χ3n) is 2.94. The van der Waals surface area contributed by atoms with Crippen molar-refractivity contribution in [3.63, 3.8) is 0 Å². The summed E-state index contributed by atoms with van der Waals surface area (Å²) in [6.07, 6.45) is 1.78. The van der Waals surface area contributed by atoms with E-state index in [-0.39, 0.29) is 5.78 Å². The number of nitrogens with one attached hydrogen (secondary N) is 1. The fourth-order valence-electron chi connectivity index (χ4n) is 2.18. The van der Waals surface area contributed by atoms with E-state index in [0.29, 0.717) is 12.3 Å². The lowest BCUT2D eigenvalue weighted by Crippen LogP contribution is -2.08. The van der Waals surface area contributed by atoms with Gasteiger partial charge in [0, 0.05) is 13.0 Å². The van der Waals surface area contributed by atoms with E-state index in [0.717, 1.165) is 18.7 Å². The fraction of sp³-hybridized carbons (Fsp3) is 0.462. The largest absolute Gasteiger partial charge is 0.316 e. The number of hydrogen-bond acceptors (Lipinski definition) is 2. The van der Waals surface area contributed by atoms with E-state index in [1.807, 2.05) is 6.07 Å². The minimum absolute atomic E-state index is 0.233. The molecule has 1 aromatic carbocycles. The number of Topliss-reactive ketones (excluding diaryl/α,β-unsaturated/α-hetero) is 1. The first kappa shape index (κ1) is 10.4. The number of carbonyl (C=O) groups is 1. The molecule has 1 unspecified atom stereocenters. The number of carbonyl (C=O) groups excluding carboxylic acids is 1. The summed E-state index contributed by atoms with van der Waals surface area (Å²) < 4.78 is 0. The zero-order chi connectivity index (χ0) is 10.7. The minimum atomic E-state index is 0.233. The molecule has 1 aromatic rings. The maximum absolute atomic E-state index is 11.0. The molecular weight excluding hydrogens is 186 g/mol. The van der Waals surface area contributed by atoms with E-state index >= 15 is 0 Å². The van der Waals surface area contributed by atoms with Crippen LogP contribution in [0.3, 0.4) is 0 Å². The third kappa shape index (κ3) is 2.66. The summed E-state index contributed by atoms with van der Waals surface area (Å²) in [4.78, 5) is 11.0. The van der Waals surface area contributed by atoms with Crippen LogP contribution in [0, 0.1) is 0 Å². The Morgan fingerprint density at radius 3 is 3.07 bits per heavy atom. The molecule has 2 rings (SSSR count). The molecule has 0 bridgehead atoms. The molecule has 0 saturated carbocycles.